The molecule has 2 atom stereocenters. The van der Waals surface area contributed by atoms with Gasteiger partial charge in [0.15, 0.2) is 11.5 Å². The number of ether oxygens (including phenoxy) is 2. The van der Waals surface area contributed by atoms with Gasteiger partial charge in [0.25, 0.3) is 0 Å². The van der Waals surface area contributed by atoms with Crippen LogP contribution in [0.4, 0.5) is 0 Å². The zero-order valence-corrected chi connectivity index (χ0v) is 14.0. The van der Waals surface area contributed by atoms with E-state index in [0.717, 1.165) is 36.9 Å². The van der Waals surface area contributed by atoms with E-state index in [2.05, 4.69) is 24.1 Å². The van der Waals surface area contributed by atoms with Crippen molar-refractivity contribution in [2.75, 3.05) is 27.8 Å². The Hall–Kier alpha value is -1.33. The van der Waals surface area contributed by atoms with Crippen LogP contribution in [-0.4, -0.2) is 52.2 Å². The average molecular weight is 305 g/mol. The average Bonchev–Trinajstić information content (AvgIpc) is 2.85. The van der Waals surface area contributed by atoms with Gasteiger partial charge in [0.2, 0.25) is 0 Å². The van der Waals surface area contributed by atoms with E-state index in [1.807, 2.05) is 6.07 Å². The summed E-state index contributed by atoms with van der Waals surface area (Å²) in [6, 6.07) is 8.71. The molecule has 3 rings (SSSR count). The third-order valence-corrected chi connectivity index (χ3v) is 10.9. The first-order valence-corrected chi connectivity index (χ1v) is 10.0. The molecule has 21 heavy (non-hydrogen) atoms. The van der Waals surface area contributed by atoms with Crippen LogP contribution in [0.3, 0.4) is 0 Å². The van der Waals surface area contributed by atoms with Crippen LogP contribution in [0.25, 0.3) is 0 Å². The molecule has 2 heterocycles. The van der Waals surface area contributed by atoms with E-state index in [1.165, 1.54) is 11.2 Å². The lowest BCUT2D eigenvalue weighted by molar-refractivity contribution is -0.119. The first-order valence-electron chi connectivity index (χ1n) is 7.55. The van der Waals surface area contributed by atoms with Gasteiger partial charge in [-0.2, -0.15) is 0 Å². The molecule has 0 amide bonds. The van der Waals surface area contributed by atoms with Gasteiger partial charge in [-0.3, -0.25) is 4.79 Å². The summed E-state index contributed by atoms with van der Waals surface area (Å²) in [5, 5.41) is 1.42. The van der Waals surface area contributed by atoms with Crippen LogP contribution in [0.15, 0.2) is 18.2 Å². The van der Waals surface area contributed by atoms with Crippen molar-refractivity contribution in [2.24, 2.45) is 0 Å². The first kappa shape index (κ1) is 14.6. The van der Waals surface area contributed by atoms with Crippen LogP contribution in [0.5, 0.6) is 11.5 Å². The summed E-state index contributed by atoms with van der Waals surface area (Å²) in [6.45, 7) is 1.11. The zero-order chi connectivity index (χ0) is 15.0. The van der Waals surface area contributed by atoms with E-state index < -0.39 is 8.07 Å². The number of hydrogen-bond donors (Lipinski definition) is 0. The molecular formula is C16H23NO3Si. The number of fused-ring (bicyclic) bond motifs is 1. The van der Waals surface area contributed by atoms with E-state index in [0.29, 0.717) is 11.4 Å². The second-order valence-electron chi connectivity index (χ2n) is 6.22. The minimum absolute atomic E-state index is 0.428. The predicted octanol–water partition coefficient (Wildman–Crippen LogP) is 1.58. The van der Waals surface area contributed by atoms with Crippen molar-refractivity contribution in [3.63, 3.8) is 0 Å². The molecular weight excluding hydrogens is 282 g/mol. The van der Waals surface area contributed by atoms with Gasteiger partial charge in [0, 0.05) is 18.5 Å². The number of carbonyl (C=O) groups is 1. The summed E-state index contributed by atoms with van der Waals surface area (Å²) < 4.78 is 10.8. The molecule has 1 aromatic rings. The number of methoxy groups -OCH3 is 2. The first-order chi connectivity index (χ1) is 10.1. The van der Waals surface area contributed by atoms with Gasteiger partial charge in [-0.05, 0) is 37.8 Å². The Kier molecular flexibility index (Phi) is 3.80. The van der Waals surface area contributed by atoms with Crippen molar-refractivity contribution in [2.45, 2.75) is 30.6 Å². The normalized spacial score (nSPS) is 29.3. The van der Waals surface area contributed by atoms with Crippen LogP contribution in [-0.2, 0) is 4.79 Å². The molecule has 0 unspecified atom stereocenters. The van der Waals surface area contributed by atoms with Crippen molar-refractivity contribution in [3.05, 3.63) is 18.2 Å². The summed E-state index contributed by atoms with van der Waals surface area (Å²) in [5.74, 6) is 2.01. The molecule has 0 N–H and O–H groups in total. The van der Waals surface area contributed by atoms with E-state index in [1.54, 1.807) is 14.2 Å². The van der Waals surface area contributed by atoms with Crippen molar-refractivity contribution in [1.82, 2.24) is 4.90 Å². The van der Waals surface area contributed by atoms with Crippen molar-refractivity contribution in [1.29, 1.82) is 0 Å². The zero-order valence-electron chi connectivity index (χ0n) is 13.0. The molecule has 4 nitrogen and oxygen atoms in total. The molecule has 0 aromatic heterocycles. The predicted molar refractivity (Wildman–Crippen MR) is 85.2 cm³/mol. The number of ketones is 1. The lowest BCUT2D eigenvalue weighted by atomic mass is 10.2. The SMILES string of the molecule is COc1ccc([Si@@]23CCC(=O)C[C@@H]2N(C)CC3)cc1OC. The molecule has 2 fully saturated rings. The fourth-order valence-corrected chi connectivity index (χ4v) is 9.85. The Labute approximate surface area is 127 Å². The Morgan fingerprint density at radius 3 is 2.67 bits per heavy atom. The van der Waals surface area contributed by atoms with Gasteiger partial charge in [-0.25, -0.2) is 0 Å². The number of benzene rings is 1. The second kappa shape index (κ2) is 5.46. The van der Waals surface area contributed by atoms with Gasteiger partial charge in [0.05, 0.1) is 14.2 Å². The highest BCUT2D eigenvalue weighted by Crippen LogP contribution is 2.38. The Bertz CT molecular complexity index is 562. The molecule has 2 saturated heterocycles. The van der Waals surface area contributed by atoms with Gasteiger partial charge in [-0.1, -0.05) is 11.3 Å². The molecule has 114 valence electrons. The maximum Gasteiger partial charge on any atom is 0.160 e. The summed E-state index contributed by atoms with van der Waals surface area (Å²) in [5.41, 5.74) is 0.455. The molecule has 1 aromatic carbocycles. The van der Waals surface area contributed by atoms with E-state index >= 15 is 0 Å². The van der Waals surface area contributed by atoms with Gasteiger partial charge in [-0.15, -0.1) is 0 Å². The van der Waals surface area contributed by atoms with E-state index in [4.69, 9.17) is 9.47 Å². The monoisotopic (exact) mass is 305 g/mol. The minimum atomic E-state index is -1.64. The summed E-state index contributed by atoms with van der Waals surface area (Å²) in [7, 11) is 3.87. The highest BCUT2D eigenvalue weighted by molar-refractivity contribution is 6.94. The Morgan fingerprint density at radius 1 is 1.19 bits per heavy atom. The molecule has 0 saturated carbocycles. The molecule has 0 radical (unpaired) electrons. The fraction of sp³-hybridized carbons (Fsp3) is 0.562. The number of hydrogen-bond acceptors (Lipinski definition) is 4. The smallest absolute Gasteiger partial charge is 0.160 e. The van der Waals surface area contributed by atoms with Crippen molar-refractivity contribution in [3.8, 4) is 11.5 Å². The maximum atomic E-state index is 11.9. The molecule has 0 spiro atoms. The molecule has 5 heteroatoms. The Morgan fingerprint density at radius 2 is 1.95 bits per heavy atom. The van der Waals surface area contributed by atoms with Crippen LogP contribution < -0.4 is 14.7 Å². The van der Waals surface area contributed by atoms with Crippen LogP contribution in [0.2, 0.25) is 12.1 Å². The summed E-state index contributed by atoms with van der Waals surface area (Å²) in [6.07, 6.45) is 1.49. The van der Waals surface area contributed by atoms with Gasteiger partial charge >= 0.3 is 0 Å². The standard InChI is InChI=1S/C16H23NO3Si/c1-17-7-9-21(8-6-12(18)10-16(17)21)13-4-5-14(19-2)15(11-13)20-3/h4-5,11,16H,6-10H2,1-3H3/t16-,21+/m1/s1. The van der Waals surface area contributed by atoms with E-state index in [9.17, 15) is 4.79 Å². The number of rotatable bonds is 3. The van der Waals surface area contributed by atoms with Gasteiger partial charge in [0.1, 0.15) is 13.9 Å². The number of nitrogens with zero attached hydrogens (tertiary/aromatic N) is 1. The fourth-order valence-electron chi connectivity index (χ4n) is 4.07. The third-order valence-electron chi connectivity index (χ3n) is 5.31. The molecule has 0 bridgehead atoms. The van der Waals surface area contributed by atoms with Crippen molar-refractivity contribution < 1.29 is 14.3 Å². The van der Waals surface area contributed by atoms with E-state index in [-0.39, 0.29) is 0 Å². The summed E-state index contributed by atoms with van der Waals surface area (Å²) >= 11 is 0. The maximum absolute atomic E-state index is 11.9. The number of carbonyl (C=O) groups excluding carboxylic acids is 1. The second-order valence-corrected chi connectivity index (χ2v) is 10.8. The largest absolute Gasteiger partial charge is 0.493 e. The number of Topliss-reactive ketones (excluding diaryl/α,β-unsaturated/α-hetero) is 1. The topological polar surface area (TPSA) is 38.8 Å². The quantitative estimate of drug-likeness (QED) is 0.795. The van der Waals surface area contributed by atoms with Crippen LogP contribution >= 0.6 is 0 Å². The lowest BCUT2D eigenvalue weighted by Crippen LogP contribution is -2.60. The summed E-state index contributed by atoms with van der Waals surface area (Å²) in [4.78, 5) is 14.3. The van der Waals surface area contributed by atoms with Gasteiger partial charge < -0.3 is 14.4 Å². The highest BCUT2D eigenvalue weighted by atomic mass is 28.3. The third kappa shape index (κ3) is 2.28. The Balaban J connectivity index is 2.03. The minimum Gasteiger partial charge on any atom is -0.493 e. The molecule has 2 aliphatic heterocycles. The van der Waals surface area contributed by atoms with Crippen molar-refractivity contribution >= 4 is 19.0 Å². The lowest BCUT2D eigenvalue weighted by Gasteiger charge is -2.39. The molecule has 2 aliphatic rings. The van der Waals surface area contributed by atoms with Crippen LogP contribution in [0, 0.1) is 0 Å². The highest BCUT2D eigenvalue weighted by Gasteiger charge is 2.52. The molecule has 0 aliphatic carbocycles. The van der Waals surface area contributed by atoms with Crippen LogP contribution in [0.1, 0.15) is 12.8 Å².